The minimum absolute atomic E-state index is 0.134. The van der Waals surface area contributed by atoms with Crippen LogP contribution in [0, 0.1) is 6.92 Å². The predicted molar refractivity (Wildman–Crippen MR) is 88.3 cm³/mol. The number of benzene rings is 2. The topological polar surface area (TPSA) is 70.2 Å². The number of hydrogen-bond acceptors (Lipinski definition) is 2. The quantitative estimate of drug-likeness (QED) is 0.808. The first-order valence-electron chi connectivity index (χ1n) is 6.70. The number of aryl methyl sites for hydroxylation is 1. The van der Waals surface area contributed by atoms with E-state index in [0.717, 1.165) is 5.56 Å². The lowest BCUT2D eigenvalue weighted by atomic mass is 10.2. The first kappa shape index (κ1) is 15.9. The highest BCUT2D eigenvalue weighted by molar-refractivity contribution is 6.31. The summed E-state index contributed by atoms with van der Waals surface area (Å²) < 4.78 is 0. The van der Waals surface area contributed by atoms with Crippen molar-refractivity contribution in [3.63, 3.8) is 0 Å². The molecule has 2 aromatic rings. The molecule has 2 rings (SSSR count). The Labute approximate surface area is 133 Å². The second-order valence-corrected chi connectivity index (χ2v) is 5.12. The van der Waals surface area contributed by atoms with Gasteiger partial charge in [0.1, 0.15) is 0 Å². The molecule has 3 N–H and O–H groups in total. The first-order valence-corrected chi connectivity index (χ1v) is 7.08. The number of amides is 3. The van der Waals surface area contributed by atoms with Gasteiger partial charge >= 0.3 is 6.03 Å². The zero-order valence-corrected chi connectivity index (χ0v) is 12.8. The van der Waals surface area contributed by atoms with Crippen LogP contribution in [0.15, 0.2) is 48.5 Å². The number of para-hydroxylation sites is 1. The molecule has 0 heterocycles. The van der Waals surface area contributed by atoms with E-state index < -0.39 is 6.03 Å². The number of hydrogen-bond donors (Lipinski definition) is 3. The molecule has 114 valence electrons. The number of halogens is 1. The molecule has 0 atom stereocenters. The van der Waals surface area contributed by atoms with Crippen molar-refractivity contribution in [3.05, 3.63) is 59.1 Å². The number of rotatable bonds is 4. The number of carbonyl (C=O) groups excluding carboxylic acids is 2. The summed E-state index contributed by atoms with van der Waals surface area (Å²) in [5.74, 6) is -0.325. The zero-order valence-electron chi connectivity index (χ0n) is 12.0. The summed E-state index contributed by atoms with van der Waals surface area (Å²) in [6.07, 6.45) is 0. The van der Waals surface area contributed by atoms with Gasteiger partial charge in [-0.1, -0.05) is 35.9 Å². The molecule has 0 radical (unpaired) electrons. The maximum absolute atomic E-state index is 11.8. The first-order chi connectivity index (χ1) is 10.5. The van der Waals surface area contributed by atoms with Gasteiger partial charge in [-0.15, -0.1) is 0 Å². The summed E-state index contributed by atoms with van der Waals surface area (Å²) in [6, 6.07) is 13.8. The van der Waals surface area contributed by atoms with Crippen LogP contribution in [-0.2, 0) is 4.79 Å². The van der Waals surface area contributed by atoms with E-state index in [-0.39, 0.29) is 12.5 Å². The van der Waals surface area contributed by atoms with E-state index >= 15 is 0 Å². The molecule has 2 aromatic carbocycles. The molecule has 22 heavy (non-hydrogen) atoms. The van der Waals surface area contributed by atoms with E-state index in [1.165, 1.54) is 0 Å². The van der Waals surface area contributed by atoms with Gasteiger partial charge in [-0.05, 0) is 36.8 Å². The average Bonchev–Trinajstić information content (AvgIpc) is 2.50. The minimum atomic E-state index is -0.441. The predicted octanol–water partition coefficient (Wildman–Crippen LogP) is 3.41. The number of carbonyl (C=O) groups is 2. The Morgan fingerprint density at radius 2 is 1.77 bits per heavy atom. The maximum atomic E-state index is 11.8. The molecular formula is C16H16ClN3O2. The Hall–Kier alpha value is -2.53. The summed E-state index contributed by atoms with van der Waals surface area (Å²) in [6.45, 7) is 1.73. The van der Waals surface area contributed by atoms with E-state index in [1.54, 1.807) is 24.3 Å². The standard InChI is InChI=1S/C16H16ClN3O2/c1-11-7-8-12(17)9-14(11)20-15(21)10-18-16(22)19-13-5-3-2-4-6-13/h2-9H,10H2,1H3,(H,20,21)(H2,18,19,22). The van der Waals surface area contributed by atoms with Gasteiger partial charge in [0, 0.05) is 16.4 Å². The third-order valence-electron chi connectivity index (χ3n) is 2.91. The molecule has 5 nitrogen and oxygen atoms in total. The Kier molecular flexibility index (Phi) is 5.38. The van der Waals surface area contributed by atoms with E-state index in [9.17, 15) is 9.59 Å². The van der Waals surface area contributed by atoms with Crippen molar-refractivity contribution in [1.82, 2.24) is 5.32 Å². The van der Waals surface area contributed by atoms with Gasteiger partial charge < -0.3 is 16.0 Å². The van der Waals surface area contributed by atoms with Crippen molar-refractivity contribution in [2.75, 3.05) is 17.2 Å². The molecular weight excluding hydrogens is 302 g/mol. The van der Waals surface area contributed by atoms with Crippen LogP contribution in [0.3, 0.4) is 0 Å². The van der Waals surface area contributed by atoms with Gasteiger partial charge in [0.05, 0.1) is 6.54 Å². The van der Waals surface area contributed by atoms with Crippen molar-refractivity contribution in [2.24, 2.45) is 0 Å². The van der Waals surface area contributed by atoms with Gasteiger partial charge in [-0.3, -0.25) is 4.79 Å². The SMILES string of the molecule is Cc1ccc(Cl)cc1NC(=O)CNC(=O)Nc1ccccc1. The molecule has 0 saturated heterocycles. The summed E-state index contributed by atoms with van der Waals surface area (Å²) in [7, 11) is 0. The smallest absolute Gasteiger partial charge is 0.319 e. The van der Waals surface area contributed by atoms with Crippen molar-refractivity contribution in [1.29, 1.82) is 0 Å². The minimum Gasteiger partial charge on any atom is -0.329 e. The molecule has 0 aromatic heterocycles. The fourth-order valence-corrected chi connectivity index (χ4v) is 1.95. The summed E-state index contributed by atoms with van der Waals surface area (Å²) in [5.41, 5.74) is 2.18. The normalized spacial score (nSPS) is 9.91. The van der Waals surface area contributed by atoms with Crippen LogP contribution in [0.4, 0.5) is 16.2 Å². The molecule has 0 unspecified atom stereocenters. The van der Waals surface area contributed by atoms with Crippen LogP contribution in [-0.4, -0.2) is 18.5 Å². The molecule has 0 aliphatic carbocycles. The van der Waals surface area contributed by atoms with Gasteiger partial charge in [0.25, 0.3) is 0 Å². The van der Waals surface area contributed by atoms with Crippen LogP contribution >= 0.6 is 11.6 Å². The largest absolute Gasteiger partial charge is 0.329 e. The second kappa shape index (κ2) is 7.47. The van der Waals surface area contributed by atoms with Crippen LogP contribution in [0.1, 0.15) is 5.56 Å². The lowest BCUT2D eigenvalue weighted by Gasteiger charge is -2.10. The molecule has 0 aliphatic rings. The van der Waals surface area contributed by atoms with Crippen molar-refractivity contribution in [2.45, 2.75) is 6.92 Å². The highest BCUT2D eigenvalue weighted by Crippen LogP contribution is 2.19. The summed E-state index contributed by atoms with van der Waals surface area (Å²) in [4.78, 5) is 23.5. The number of urea groups is 1. The van der Waals surface area contributed by atoms with E-state index in [1.807, 2.05) is 31.2 Å². The van der Waals surface area contributed by atoms with Gasteiger partial charge in [-0.2, -0.15) is 0 Å². The third-order valence-corrected chi connectivity index (χ3v) is 3.15. The van der Waals surface area contributed by atoms with Crippen molar-refractivity contribution >= 4 is 34.9 Å². The Morgan fingerprint density at radius 1 is 1.05 bits per heavy atom. The zero-order chi connectivity index (χ0) is 15.9. The van der Waals surface area contributed by atoms with Gasteiger partial charge in [0.15, 0.2) is 0 Å². The molecule has 0 bridgehead atoms. The maximum Gasteiger partial charge on any atom is 0.319 e. The average molecular weight is 318 g/mol. The van der Waals surface area contributed by atoms with E-state index in [4.69, 9.17) is 11.6 Å². The lowest BCUT2D eigenvalue weighted by molar-refractivity contribution is -0.115. The fraction of sp³-hybridized carbons (Fsp3) is 0.125. The van der Waals surface area contributed by atoms with Gasteiger partial charge in [-0.25, -0.2) is 4.79 Å². The molecule has 0 saturated carbocycles. The number of anilines is 2. The Morgan fingerprint density at radius 3 is 2.50 bits per heavy atom. The molecule has 3 amide bonds. The van der Waals surface area contributed by atoms with Crippen molar-refractivity contribution in [3.8, 4) is 0 Å². The second-order valence-electron chi connectivity index (χ2n) is 4.68. The third kappa shape index (κ3) is 4.79. The Balaban J connectivity index is 1.82. The monoisotopic (exact) mass is 317 g/mol. The summed E-state index contributed by atoms with van der Waals surface area (Å²) >= 11 is 5.89. The lowest BCUT2D eigenvalue weighted by Crippen LogP contribution is -2.35. The van der Waals surface area contributed by atoms with Crippen LogP contribution in [0.2, 0.25) is 5.02 Å². The van der Waals surface area contributed by atoms with Gasteiger partial charge in [0.2, 0.25) is 5.91 Å². The van der Waals surface area contributed by atoms with E-state index in [0.29, 0.717) is 16.4 Å². The molecule has 0 spiro atoms. The van der Waals surface area contributed by atoms with E-state index in [2.05, 4.69) is 16.0 Å². The van der Waals surface area contributed by atoms with Crippen LogP contribution in [0.25, 0.3) is 0 Å². The number of nitrogens with one attached hydrogen (secondary N) is 3. The molecule has 6 heteroatoms. The highest BCUT2D eigenvalue weighted by Gasteiger charge is 2.07. The van der Waals surface area contributed by atoms with Crippen molar-refractivity contribution < 1.29 is 9.59 Å². The van der Waals surface area contributed by atoms with Crippen LogP contribution in [0.5, 0.6) is 0 Å². The summed E-state index contributed by atoms with van der Waals surface area (Å²) in [5, 5.41) is 8.36. The van der Waals surface area contributed by atoms with Crippen LogP contribution < -0.4 is 16.0 Å². The fourth-order valence-electron chi connectivity index (χ4n) is 1.78. The molecule has 0 aliphatic heterocycles. The Bertz CT molecular complexity index is 674. The molecule has 0 fully saturated rings. The highest BCUT2D eigenvalue weighted by atomic mass is 35.5.